The van der Waals surface area contributed by atoms with Gasteiger partial charge in [-0.05, 0) is 35.9 Å². The Labute approximate surface area is 167 Å². The Kier molecular flexibility index (Phi) is 4.12. The maximum absolute atomic E-state index is 13.2. The highest BCUT2D eigenvalue weighted by atomic mass is 16.6. The highest BCUT2D eigenvalue weighted by Gasteiger charge is 2.30. The molecule has 6 heteroatoms. The largest absolute Gasteiger partial charge is 0.486 e. The van der Waals surface area contributed by atoms with Gasteiger partial charge < -0.3 is 18.8 Å². The highest BCUT2D eigenvalue weighted by molar-refractivity contribution is 6.01. The molecule has 3 aromatic rings. The molecule has 0 spiro atoms. The Morgan fingerprint density at radius 1 is 1.07 bits per heavy atom. The predicted molar refractivity (Wildman–Crippen MR) is 105 cm³/mol. The number of nitrogens with zero attached hydrogens (tertiary/aromatic N) is 1. The van der Waals surface area contributed by atoms with Crippen molar-refractivity contribution in [2.75, 3.05) is 20.3 Å². The van der Waals surface area contributed by atoms with Crippen molar-refractivity contribution in [3.63, 3.8) is 0 Å². The molecular formula is C23H19NO5. The molecule has 6 nitrogen and oxygen atoms in total. The summed E-state index contributed by atoms with van der Waals surface area (Å²) in [5.74, 6) is 0.800. The van der Waals surface area contributed by atoms with E-state index in [1.807, 2.05) is 41.1 Å². The molecule has 0 aliphatic carbocycles. The van der Waals surface area contributed by atoms with E-state index in [9.17, 15) is 9.59 Å². The summed E-state index contributed by atoms with van der Waals surface area (Å²) in [5, 5.41) is 0. The van der Waals surface area contributed by atoms with Crippen LogP contribution in [0.1, 0.15) is 44.3 Å². The van der Waals surface area contributed by atoms with Gasteiger partial charge in [0, 0.05) is 35.9 Å². The summed E-state index contributed by atoms with van der Waals surface area (Å²) in [4.78, 5) is 24.9. The first kappa shape index (κ1) is 17.6. The Bertz CT molecular complexity index is 1110. The molecule has 0 N–H and O–H groups in total. The van der Waals surface area contributed by atoms with E-state index in [1.54, 1.807) is 18.2 Å². The Balaban J connectivity index is 1.60. The van der Waals surface area contributed by atoms with Gasteiger partial charge in [0.1, 0.15) is 13.2 Å². The molecule has 29 heavy (non-hydrogen) atoms. The van der Waals surface area contributed by atoms with Crippen LogP contribution >= 0.6 is 0 Å². The summed E-state index contributed by atoms with van der Waals surface area (Å²) >= 11 is 0. The summed E-state index contributed by atoms with van der Waals surface area (Å²) in [6.45, 7) is 0.970. The minimum Gasteiger partial charge on any atom is -0.486 e. The first-order chi connectivity index (χ1) is 14.2. The quantitative estimate of drug-likeness (QED) is 0.625. The number of rotatable bonds is 2. The first-order valence-corrected chi connectivity index (χ1v) is 9.48. The van der Waals surface area contributed by atoms with Crippen molar-refractivity contribution >= 4 is 11.8 Å². The SMILES string of the molecule is COC(=O)c1ccc(C2CC(=O)c3cc4c(cc3-n3cccc32)OCCO4)cc1. The maximum atomic E-state index is 13.2. The first-order valence-electron chi connectivity index (χ1n) is 9.48. The lowest BCUT2D eigenvalue weighted by molar-refractivity contribution is 0.0600. The number of carbonyl (C=O) groups excluding carboxylic acids is 2. The van der Waals surface area contributed by atoms with Crippen LogP contribution in [0.4, 0.5) is 0 Å². The lowest BCUT2D eigenvalue weighted by Crippen LogP contribution is -2.16. The summed E-state index contributed by atoms with van der Waals surface area (Å²) in [5.41, 5.74) is 3.89. The number of hydrogen-bond donors (Lipinski definition) is 0. The van der Waals surface area contributed by atoms with Crippen LogP contribution in [0.2, 0.25) is 0 Å². The van der Waals surface area contributed by atoms with Gasteiger partial charge in [0.05, 0.1) is 18.4 Å². The number of ether oxygens (including phenoxy) is 3. The zero-order chi connectivity index (χ0) is 20.0. The van der Waals surface area contributed by atoms with E-state index >= 15 is 0 Å². The molecule has 146 valence electrons. The van der Waals surface area contributed by atoms with Crippen molar-refractivity contribution in [2.24, 2.45) is 0 Å². The predicted octanol–water partition coefficient (Wildman–Crippen LogP) is 3.75. The van der Waals surface area contributed by atoms with Crippen LogP contribution < -0.4 is 9.47 Å². The molecule has 0 fully saturated rings. The third-order valence-electron chi connectivity index (χ3n) is 5.48. The van der Waals surface area contributed by atoms with Crippen LogP contribution in [0, 0.1) is 0 Å². The lowest BCUT2D eigenvalue weighted by Gasteiger charge is -2.21. The van der Waals surface area contributed by atoms with E-state index in [0.29, 0.717) is 42.3 Å². The smallest absolute Gasteiger partial charge is 0.337 e. The molecule has 0 amide bonds. The molecule has 1 aromatic heterocycles. The second kappa shape index (κ2) is 6.81. The van der Waals surface area contributed by atoms with Gasteiger partial charge >= 0.3 is 5.97 Å². The zero-order valence-corrected chi connectivity index (χ0v) is 15.9. The fourth-order valence-corrected chi connectivity index (χ4v) is 4.06. The zero-order valence-electron chi connectivity index (χ0n) is 15.9. The molecule has 0 radical (unpaired) electrons. The van der Waals surface area contributed by atoms with Gasteiger partial charge in [0.15, 0.2) is 17.3 Å². The van der Waals surface area contributed by atoms with Gasteiger partial charge in [-0.25, -0.2) is 4.79 Å². The second-order valence-electron chi connectivity index (χ2n) is 7.11. The normalized spacial score (nSPS) is 17.1. The average Bonchev–Trinajstić information content (AvgIpc) is 3.21. The van der Waals surface area contributed by atoms with E-state index in [4.69, 9.17) is 14.2 Å². The summed E-state index contributed by atoms with van der Waals surface area (Å²) in [7, 11) is 1.36. The van der Waals surface area contributed by atoms with E-state index in [-0.39, 0.29) is 17.7 Å². The van der Waals surface area contributed by atoms with Crippen LogP contribution in [0.15, 0.2) is 54.7 Å². The third-order valence-corrected chi connectivity index (χ3v) is 5.48. The van der Waals surface area contributed by atoms with Crippen LogP contribution in [0.25, 0.3) is 5.69 Å². The molecule has 0 saturated carbocycles. The number of benzene rings is 2. The average molecular weight is 389 g/mol. The topological polar surface area (TPSA) is 66.8 Å². The molecule has 0 bridgehead atoms. The van der Waals surface area contributed by atoms with Crippen molar-refractivity contribution in [2.45, 2.75) is 12.3 Å². The highest BCUT2D eigenvalue weighted by Crippen LogP contribution is 2.41. The van der Waals surface area contributed by atoms with Crippen LogP contribution in [-0.2, 0) is 4.74 Å². The Morgan fingerprint density at radius 2 is 1.79 bits per heavy atom. The number of esters is 1. The van der Waals surface area contributed by atoms with E-state index in [2.05, 4.69) is 0 Å². The van der Waals surface area contributed by atoms with Gasteiger partial charge in [-0.2, -0.15) is 0 Å². The molecule has 2 aliphatic heterocycles. The van der Waals surface area contributed by atoms with Crippen molar-refractivity contribution in [3.8, 4) is 17.2 Å². The number of aromatic nitrogens is 1. The van der Waals surface area contributed by atoms with Crippen LogP contribution in [0.5, 0.6) is 11.5 Å². The number of carbonyl (C=O) groups is 2. The van der Waals surface area contributed by atoms with E-state index < -0.39 is 0 Å². The molecule has 0 saturated heterocycles. The number of fused-ring (bicyclic) bond motifs is 4. The van der Waals surface area contributed by atoms with Crippen molar-refractivity contribution in [1.82, 2.24) is 4.57 Å². The molecular weight excluding hydrogens is 370 g/mol. The van der Waals surface area contributed by atoms with E-state index in [1.165, 1.54) is 7.11 Å². The summed E-state index contributed by atoms with van der Waals surface area (Å²) < 4.78 is 18.2. The lowest BCUT2D eigenvalue weighted by atomic mass is 9.89. The molecule has 3 heterocycles. The molecule has 2 aliphatic rings. The Morgan fingerprint density at radius 3 is 2.52 bits per heavy atom. The minimum absolute atomic E-state index is 0.0442. The summed E-state index contributed by atoms with van der Waals surface area (Å²) in [6.07, 6.45) is 2.28. The number of methoxy groups -OCH3 is 1. The molecule has 2 aromatic carbocycles. The standard InChI is InChI=1S/C23H19NO5/c1-27-23(26)15-6-4-14(5-7-15)16-11-20(25)17-12-21-22(29-10-9-28-21)13-19(17)24-8-2-3-18(16)24/h2-8,12-13,16H,9-11H2,1H3. The Hall–Kier alpha value is -3.54. The number of Topliss-reactive ketones (excluding diaryl/α,β-unsaturated/α-hetero) is 1. The van der Waals surface area contributed by atoms with Crippen molar-refractivity contribution in [3.05, 3.63) is 77.1 Å². The molecule has 1 unspecified atom stereocenters. The van der Waals surface area contributed by atoms with Gasteiger partial charge in [-0.3, -0.25) is 4.79 Å². The van der Waals surface area contributed by atoms with Gasteiger partial charge in [0.2, 0.25) is 0 Å². The van der Waals surface area contributed by atoms with Gasteiger partial charge in [0.25, 0.3) is 0 Å². The minimum atomic E-state index is -0.380. The fourth-order valence-electron chi connectivity index (χ4n) is 4.06. The molecule has 5 rings (SSSR count). The summed E-state index contributed by atoms with van der Waals surface area (Å²) in [6, 6.07) is 14.9. The van der Waals surface area contributed by atoms with Gasteiger partial charge in [-0.1, -0.05) is 12.1 Å². The maximum Gasteiger partial charge on any atom is 0.337 e. The van der Waals surface area contributed by atoms with Crippen molar-refractivity contribution in [1.29, 1.82) is 0 Å². The molecule has 1 atom stereocenters. The van der Waals surface area contributed by atoms with Gasteiger partial charge in [-0.15, -0.1) is 0 Å². The van der Waals surface area contributed by atoms with E-state index in [0.717, 1.165) is 16.9 Å². The number of ketones is 1. The fraction of sp³-hybridized carbons (Fsp3) is 0.217. The van der Waals surface area contributed by atoms with Crippen LogP contribution in [-0.4, -0.2) is 36.6 Å². The third kappa shape index (κ3) is 2.88. The second-order valence-corrected chi connectivity index (χ2v) is 7.11. The monoisotopic (exact) mass is 389 g/mol. The van der Waals surface area contributed by atoms with Crippen molar-refractivity contribution < 1.29 is 23.8 Å². The number of hydrogen-bond acceptors (Lipinski definition) is 5. The van der Waals surface area contributed by atoms with Crippen LogP contribution in [0.3, 0.4) is 0 Å².